The van der Waals surface area contributed by atoms with Crippen LogP contribution < -0.4 is 14.9 Å². The summed E-state index contributed by atoms with van der Waals surface area (Å²) in [6, 6.07) is 22.5. The Morgan fingerprint density at radius 1 is 1.02 bits per heavy atom. The maximum atomic E-state index is 14.1. The summed E-state index contributed by atoms with van der Waals surface area (Å²) in [5.41, 5.74) is 8.15. The van der Waals surface area contributed by atoms with Crippen LogP contribution in [-0.4, -0.2) is 14.1 Å². The summed E-state index contributed by atoms with van der Waals surface area (Å²) < 4.78 is 17.8. The highest BCUT2D eigenvalue weighted by Gasteiger charge is 2.33. The molecule has 0 fully saturated rings. The van der Waals surface area contributed by atoms with Gasteiger partial charge in [0, 0.05) is 34.8 Å². The van der Waals surface area contributed by atoms with E-state index in [0.29, 0.717) is 21.3 Å². The molecule has 0 bridgehead atoms. The first-order valence-electron chi connectivity index (χ1n) is 13.6. The van der Waals surface area contributed by atoms with E-state index in [1.165, 1.54) is 35.1 Å². The standard InChI is InChI=1S/C33H25FN4O3S/c1-19-16-23(20(2)36(19)25-13-11-24(34)12-14-25)18-29-32(39)37-31(22-7-5-8-26(17-22)38(40)41)28-15-10-21-6-3-4-9-27(21)30(28)35-33(37)42-29/h3-9,11-14,16-18,31H,10,15H2,1-2H3/b29-18+/t31-/m0/s1. The van der Waals surface area contributed by atoms with E-state index in [-0.39, 0.29) is 17.1 Å². The average Bonchev–Trinajstić information content (AvgIpc) is 3.45. The van der Waals surface area contributed by atoms with Crippen molar-refractivity contribution >= 4 is 28.8 Å². The van der Waals surface area contributed by atoms with Crippen molar-refractivity contribution < 1.29 is 9.31 Å². The third-order valence-electron chi connectivity index (χ3n) is 8.11. The normalized spacial score (nSPS) is 16.1. The summed E-state index contributed by atoms with van der Waals surface area (Å²) >= 11 is 1.32. The summed E-state index contributed by atoms with van der Waals surface area (Å²) in [6.45, 7) is 3.95. The maximum absolute atomic E-state index is 14.1. The third kappa shape index (κ3) is 4.16. The van der Waals surface area contributed by atoms with Crippen LogP contribution in [0, 0.1) is 29.8 Å². The number of nitro groups is 1. The van der Waals surface area contributed by atoms with E-state index in [1.807, 2.05) is 48.8 Å². The molecule has 2 aromatic heterocycles. The van der Waals surface area contributed by atoms with Gasteiger partial charge in [0.2, 0.25) is 0 Å². The maximum Gasteiger partial charge on any atom is 0.271 e. The van der Waals surface area contributed by atoms with E-state index in [9.17, 15) is 19.3 Å². The van der Waals surface area contributed by atoms with Crippen molar-refractivity contribution in [2.24, 2.45) is 4.99 Å². The van der Waals surface area contributed by atoms with Crippen LogP contribution in [0.15, 0.2) is 94.2 Å². The molecule has 0 unspecified atom stereocenters. The minimum absolute atomic E-state index is 0.0155. The lowest BCUT2D eigenvalue weighted by atomic mass is 9.83. The van der Waals surface area contributed by atoms with Crippen LogP contribution in [-0.2, 0) is 6.42 Å². The summed E-state index contributed by atoms with van der Waals surface area (Å²) in [4.78, 5) is 31.0. The monoisotopic (exact) mass is 576 g/mol. The Bertz CT molecular complexity index is 2140. The number of fused-ring (bicyclic) bond motifs is 3. The number of nitro benzene ring substituents is 1. The van der Waals surface area contributed by atoms with Crippen molar-refractivity contribution in [3.8, 4) is 5.69 Å². The largest absolute Gasteiger partial charge is 0.318 e. The fourth-order valence-electron chi connectivity index (χ4n) is 6.19. The Balaban J connectivity index is 1.44. The predicted molar refractivity (Wildman–Crippen MR) is 161 cm³/mol. The number of allylic oxidation sites excluding steroid dienone is 1. The molecule has 1 atom stereocenters. The number of benzene rings is 3. The molecule has 0 amide bonds. The highest BCUT2D eigenvalue weighted by atomic mass is 32.1. The van der Waals surface area contributed by atoms with E-state index in [1.54, 1.807) is 28.8 Å². The molecule has 3 heterocycles. The Hall–Kier alpha value is -4.89. The van der Waals surface area contributed by atoms with Gasteiger partial charge < -0.3 is 4.57 Å². The molecule has 0 saturated heterocycles. The third-order valence-corrected chi connectivity index (χ3v) is 9.09. The number of hydrogen-bond acceptors (Lipinski definition) is 5. The van der Waals surface area contributed by atoms with Gasteiger partial charge in [-0.25, -0.2) is 9.38 Å². The Labute approximate surface area is 244 Å². The van der Waals surface area contributed by atoms with Crippen molar-refractivity contribution in [1.29, 1.82) is 0 Å². The molecule has 5 aromatic rings. The van der Waals surface area contributed by atoms with E-state index < -0.39 is 11.0 Å². The number of aromatic nitrogens is 2. The first kappa shape index (κ1) is 26.0. The molecule has 42 heavy (non-hydrogen) atoms. The summed E-state index contributed by atoms with van der Waals surface area (Å²) in [5, 5.41) is 11.7. The summed E-state index contributed by atoms with van der Waals surface area (Å²) in [6.07, 6.45) is 3.38. The van der Waals surface area contributed by atoms with E-state index in [2.05, 4.69) is 12.1 Å². The minimum Gasteiger partial charge on any atom is -0.318 e. The topological polar surface area (TPSA) is 82.4 Å². The lowest BCUT2D eigenvalue weighted by Gasteiger charge is -2.30. The van der Waals surface area contributed by atoms with Gasteiger partial charge in [0.15, 0.2) is 4.80 Å². The van der Waals surface area contributed by atoms with E-state index in [4.69, 9.17) is 4.99 Å². The Morgan fingerprint density at radius 3 is 2.60 bits per heavy atom. The van der Waals surface area contributed by atoms with Gasteiger partial charge in [-0.15, -0.1) is 0 Å². The molecule has 208 valence electrons. The van der Waals surface area contributed by atoms with Crippen molar-refractivity contribution in [2.75, 3.05) is 0 Å². The minimum atomic E-state index is -0.502. The lowest BCUT2D eigenvalue weighted by molar-refractivity contribution is -0.384. The number of nitrogens with zero attached hydrogens (tertiary/aromatic N) is 4. The molecule has 0 N–H and O–H groups in total. The van der Waals surface area contributed by atoms with Crippen LogP contribution in [0.4, 0.5) is 10.1 Å². The van der Waals surface area contributed by atoms with Crippen LogP contribution in [0.5, 0.6) is 0 Å². The molecule has 7 rings (SSSR count). The van der Waals surface area contributed by atoms with Crippen molar-refractivity contribution in [2.45, 2.75) is 32.7 Å². The summed E-state index contributed by atoms with van der Waals surface area (Å²) in [5.74, 6) is -0.300. The Morgan fingerprint density at radius 2 is 1.81 bits per heavy atom. The second-order valence-electron chi connectivity index (χ2n) is 10.6. The molecule has 9 heteroatoms. The van der Waals surface area contributed by atoms with Gasteiger partial charge in [0.1, 0.15) is 5.82 Å². The van der Waals surface area contributed by atoms with Crippen LogP contribution in [0.2, 0.25) is 0 Å². The predicted octanol–water partition coefficient (Wildman–Crippen LogP) is 5.77. The smallest absolute Gasteiger partial charge is 0.271 e. The SMILES string of the molecule is Cc1cc(/C=c2/sc3n(c2=O)[C@@H](c2cccc([N+](=O)[O-])c2)C2=C(N=3)c3ccccc3CC2)c(C)n1-c1ccc(F)cc1. The molecule has 0 radical (unpaired) electrons. The number of rotatable bonds is 4. The zero-order valence-corrected chi connectivity index (χ0v) is 23.7. The highest BCUT2D eigenvalue weighted by molar-refractivity contribution is 7.07. The van der Waals surface area contributed by atoms with Gasteiger partial charge in [-0.3, -0.25) is 19.5 Å². The zero-order valence-electron chi connectivity index (χ0n) is 22.9. The second kappa shape index (κ2) is 9.88. The van der Waals surface area contributed by atoms with Gasteiger partial charge >= 0.3 is 0 Å². The average molecular weight is 577 g/mol. The number of non-ortho nitro benzene ring substituents is 1. The number of thiazole rings is 1. The zero-order chi connectivity index (χ0) is 29.1. The van der Waals surface area contributed by atoms with E-state index in [0.717, 1.165) is 45.9 Å². The van der Waals surface area contributed by atoms with Crippen LogP contribution in [0.1, 0.15) is 46.1 Å². The number of aryl methyl sites for hydroxylation is 2. The first-order valence-corrected chi connectivity index (χ1v) is 14.4. The molecule has 0 saturated carbocycles. The fourth-order valence-corrected chi connectivity index (χ4v) is 7.19. The number of hydrogen-bond donors (Lipinski definition) is 0. The molecular formula is C33H25FN4O3S. The van der Waals surface area contributed by atoms with Crippen LogP contribution in [0.25, 0.3) is 17.5 Å². The quantitative estimate of drug-likeness (QED) is 0.201. The summed E-state index contributed by atoms with van der Waals surface area (Å²) in [7, 11) is 0. The Kier molecular flexibility index (Phi) is 6.13. The lowest BCUT2D eigenvalue weighted by Crippen LogP contribution is -2.38. The van der Waals surface area contributed by atoms with Crippen LogP contribution >= 0.6 is 11.3 Å². The molecular weight excluding hydrogens is 551 g/mol. The molecule has 7 nitrogen and oxygen atoms in total. The van der Waals surface area contributed by atoms with Gasteiger partial charge in [0.25, 0.3) is 11.2 Å². The van der Waals surface area contributed by atoms with Gasteiger partial charge in [-0.1, -0.05) is 47.7 Å². The molecule has 0 spiro atoms. The first-order chi connectivity index (χ1) is 20.3. The van der Waals surface area contributed by atoms with Crippen molar-refractivity contribution in [1.82, 2.24) is 9.13 Å². The van der Waals surface area contributed by atoms with Crippen molar-refractivity contribution in [3.63, 3.8) is 0 Å². The van der Waals surface area contributed by atoms with Gasteiger partial charge in [-0.2, -0.15) is 0 Å². The highest BCUT2D eigenvalue weighted by Crippen LogP contribution is 2.41. The van der Waals surface area contributed by atoms with Crippen LogP contribution in [0.3, 0.4) is 0 Å². The fraction of sp³-hybridized carbons (Fsp3) is 0.152. The van der Waals surface area contributed by atoms with Gasteiger partial charge in [0.05, 0.1) is 21.2 Å². The second-order valence-corrected chi connectivity index (χ2v) is 11.6. The molecule has 1 aliphatic heterocycles. The van der Waals surface area contributed by atoms with E-state index >= 15 is 0 Å². The van der Waals surface area contributed by atoms with Gasteiger partial charge in [-0.05, 0) is 85.4 Å². The number of halogens is 1. The van der Waals surface area contributed by atoms with Crippen molar-refractivity contribution in [3.05, 3.63) is 154 Å². The molecule has 3 aromatic carbocycles. The molecule has 2 aliphatic rings. The molecule has 1 aliphatic carbocycles.